The van der Waals surface area contributed by atoms with Crippen LogP contribution in [0.2, 0.25) is 0 Å². The van der Waals surface area contributed by atoms with Crippen molar-refractivity contribution in [2.45, 2.75) is 0 Å². The van der Waals surface area contributed by atoms with Crippen LogP contribution in [0.1, 0.15) is 0 Å². The summed E-state index contributed by atoms with van der Waals surface area (Å²) in [6.45, 7) is 0. The Labute approximate surface area is 108 Å². The number of hydrogen-bond donors (Lipinski definition) is 1. The van der Waals surface area contributed by atoms with E-state index in [1.54, 1.807) is 30.6 Å². The van der Waals surface area contributed by atoms with Gasteiger partial charge in [0.2, 0.25) is 0 Å². The van der Waals surface area contributed by atoms with Gasteiger partial charge in [0.25, 0.3) is 0 Å². The van der Waals surface area contributed by atoms with E-state index in [0.29, 0.717) is 21.9 Å². The molecule has 0 aliphatic rings. The zero-order chi connectivity index (χ0) is 13.2. The Morgan fingerprint density at radius 2 is 1.84 bits per heavy atom. The highest BCUT2D eigenvalue weighted by Gasteiger charge is 2.14. The molecule has 0 aliphatic heterocycles. The van der Waals surface area contributed by atoms with Gasteiger partial charge in [-0.25, -0.2) is 4.68 Å². The van der Waals surface area contributed by atoms with Crippen LogP contribution in [0.4, 0.5) is 0 Å². The molecule has 0 unspecified atom stereocenters. The van der Waals surface area contributed by atoms with Crippen LogP contribution in [-0.2, 0) is 0 Å². The van der Waals surface area contributed by atoms with Crippen LogP contribution in [0.5, 0.6) is 0 Å². The number of hydrogen-bond acceptors (Lipinski definition) is 5. The molecule has 0 saturated heterocycles. The van der Waals surface area contributed by atoms with E-state index in [1.165, 1.54) is 17.1 Å². The first-order valence-electron chi connectivity index (χ1n) is 5.56. The van der Waals surface area contributed by atoms with E-state index in [9.17, 15) is 5.21 Å². The van der Waals surface area contributed by atoms with Gasteiger partial charge in [0.1, 0.15) is 0 Å². The average molecular weight is 254 g/mol. The van der Waals surface area contributed by atoms with Crippen molar-refractivity contribution in [3.05, 3.63) is 54.3 Å². The van der Waals surface area contributed by atoms with E-state index < -0.39 is 0 Å². The molecule has 19 heavy (non-hydrogen) atoms. The molecule has 0 saturated carbocycles. The van der Waals surface area contributed by atoms with Crippen LogP contribution in [0, 0.1) is 5.21 Å². The molecule has 0 aliphatic carbocycles. The Kier molecular flexibility index (Phi) is 2.57. The Bertz CT molecular complexity index is 709. The minimum absolute atomic E-state index is 0.420. The van der Waals surface area contributed by atoms with Crippen molar-refractivity contribution in [3.8, 4) is 22.8 Å². The predicted molar refractivity (Wildman–Crippen MR) is 67.8 cm³/mol. The van der Waals surface area contributed by atoms with Crippen LogP contribution in [0.15, 0.2) is 49.1 Å². The monoisotopic (exact) mass is 254 g/mol. The van der Waals surface area contributed by atoms with E-state index in [4.69, 9.17) is 5.84 Å². The summed E-state index contributed by atoms with van der Waals surface area (Å²) < 4.78 is 2.03. The summed E-state index contributed by atoms with van der Waals surface area (Å²) >= 11 is 0. The summed E-state index contributed by atoms with van der Waals surface area (Å²) in [5, 5.41) is 19.3. The first-order chi connectivity index (χ1) is 9.25. The van der Waals surface area contributed by atoms with Crippen LogP contribution < -0.4 is 10.6 Å². The van der Waals surface area contributed by atoms with Crippen molar-refractivity contribution < 1.29 is 4.73 Å². The molecule has 0 fully saturated rings. The molecule has 0 radical (unpaired) electrons. The second-order valence-corrected chi connectivity index (χ2v) is 3.91. The number of pyridine rings is 2. The number of nitrogen functional groups attached to an aromatic ring is 1. The van der Waals surface area contributed by atoms with Gasteiger partial charge < -0.3 is 11.0 Å². The normalized spacial score (nSPS) is 10.5. The van der Waals surface area contributed by atoms with E-state index >= 15 is 0 Å². The summed E-state index contributed by atoms with van der Waals surface area (Å²) in [5.74, 6) is 6.88. The van der Waals surface area contributed by atoms with E-state index in [0.717, 1.165) is 5.56 Å². The molecule has 7 nitrogen and oxygen atoms in total. The molecule has 0 amide bonds. The second kappa shape index (κ2) is 4.37. The zero-order valence-corrected chi connectivity index (χ0v) is 9.84. The minimum atomic E-state index is 0.420. The van der Waals surface area contributed by atoms with Crippen LogP contribution >= 0.6 is 0 Å². The molecule has 3 aromatic rings. The van der Waals surface area contributed by atoms with Gasteiger partial charge in [0, 0.05) is 24.0 Å². The highest BCUT2D eigenvalue weighted by Crippen LogP contribution is 2.20. The molecule has 0 atom stereocenters. The number of rotatable bonds is 2. The fourth-order valence-electron chi connectivity index (χ4n) is 1.77. The van der Waals surface area contributed by atoms with Crippen molar-refractivity contribution in [3.63, 3.8) is 0 Å². The van der Waals surface area contributed by atoms with E-state index in [-0.39, 0.29) is 0 Å². The molecule has 3 rings (SSSR count). The lowest BCUT2D eigenvalue weighted by Crippen LogP contribution is -2.24. The summed E-state index contributed by atoms with van der Waals surface area (Å²) in [4.78, 5) is 4.01. The molecule has 2 N–H and O–H groups in total. The van der Waals surface area contributed by atoms with Crippen molar-refractivity contribution in [2.75, 3.05) is 5.84 Å². The Balaban J connectivity index is 2.09. The highest BCUT2D eigenvalue weighted by atomic mass is 16.5. The maximum absolute atomic E-state index is 11.3. The third-order valence-electron chi connectivity index (χ3n) is 2.65. The lowest BCUT2D eigenvalue weighted by atomic mass is 10.2. The third-order valence-corrected chi connectivity index (χ3v) is 2.65. The van der Waals surface area contributed by atoms with Crippen LogP contribution in [0.25, 0.3) is 22.8 Å². The topological polar surface area (TPSA) is 96.6 Å². The molecule has 94 valence electrons. The highest BCUT2D eigenvalue weighted by molar-refractivity contribution is 5.60. The van der Waals surface area contributed by atoms with Gasteiger partial charge in [-0.2, -0.15) is 4.73 Å². The van der Waals surface area contributed by atoms with E-state index in [1.807, 2.05) is 6.07 Å². The first-order valence-corrected chi connectivity index (χ1v) is 5.56. The van der Waals surface area contributed by atoms with Gasteiger partial charge in [0.05, 0.1) is 5.56 Å². The summed E-state index contributed by atoms with van der Waals surface area (Å²) in [6, 6.07) is 7.00. The maximum Gasteiger partial charge on any atom is 0.191 e. The lowest BCUT2D eigenvalue weighted by Gasteiger charge is -2.03. The van der Waals surface area contributed by atoms with Gasteiger partial charge in [-0.15, -0.1) is 10.2 Å². The zero-order valence-electron chi connectivity index (χ0n) is 9.84. The van der Waals surface area contributed by atoms with Gasteiger partial charge in [0.15, 0.2) is 24.0 Å². The molecule has 0 aromatic carbocycles. The van der Waals surface area contributed by atoms with Gasteiger partial charge in [-0.05, 0) is 18.2 Å². The van der Waals surface area contributed by atoms with Gasteiger partial charge in [-0.1, -0.05) is 0 Å². The molecule has 3 heterocycles. The quantitative estimate of drug-likeness (QED) is 0.404. The SMILES string of the molecule is Nn1c(-c2cccnc2)nnc1-c1ccc[n+]([O-])c1. The predicted octanol–water partition coefficient (Wildman–Crippen LogP) is 0.354. The van der Waals surface area contributed by atoms with Gasteiger partial charge in [-0.3, -0.25) is 4.98 Å². The van der Waals surface area contributed by atoms with Crippen LogP contribution in [-0.4, -0.2) is 19.9 Å². The molecule has 0 spiro atoms. The largest absolute Gasteiger partial charge is 0.619 e. The fourth-order valence-corrected chi connectivity index (χ4v) is 1.77. The van der Waals surface area contributed by atoms with Crippen molar-refractivity contribution in [2.24, 2.45) is 0 Å². The third kappa shape index (κ3) is 1.97. The van der Waals surface area contributed by atoms with Crippen molar-refractivity contribution in [1.29, 1.82) is 0 Å². The van der Waals surface area contributed by atoms with E-state index in [2.05, 4.69) is 15.2 Å². The number of aromatic nitrogens is 5. The first kappa shape index (κ1) is 11.1. The Morgan fingerprint density at radius 1 is 1.11 bits per heavy atom. The lowest BCUT2D eigenvalue weighted by molar-refractivity contribution is -0.604. The Morgan fingerprint density at radius 3 is 2.53 bits per heavy atom. The number of nitrogens with two attached hydrogens (primary N) is 1. The molecule has 7 heteroatoms. The average Bonchev–Trinajstić information content (AvgIpc) is 2.81. The molecular weight excluding hydrogens is 244 g/mol. The minimum Gasteiger partial charge on any atom is -0.619 e. The standard InChI is InChI=1S/C12H10N6O/c13-18-11(9-3-1-5-14-7-9)15-16-12(18)10-4-2-6-17(19)8-10/h1-8H,13H2. The van der Waals surface area contributed by atoms with Gasteiger partial charge >= 0.3 is 0 Å². The molecule has 0 bridgehead atoms. The van der Waals surface area contributed by atoms with Crippen molar-refractivity contribution >= 4 is 0 Å². The summed E-state index contributed by atoms with van der Waals surface area (Å²) in [7, 11) is 0. The van der Waals surface area contributed by atoms with Crippen LogP contribution in [0.3, 0.4) is 0 Å². The van der Waals surface area contributed by atoms with Crippen molar-refractivity contribution in [1.82, 2.24) is 19.9 Å². The molecule has 3 aromatic heterocycles. The summed E-state index contributed by atoms with van der Waals surface area (Å²) in [5.41, 5.74) is 1.36. The maximum atomic E-state index is 11.3. The Hall–Kier alpha value is -2.96. The summed E-state index contributed by atoms with van der Waals surface area (Å²) in [6.07, 6.45) is 6.10. The smallest absolute Gasteiger partial charge is 0.191 e. The molecular formula is C12H10N6O. The second-order valence-electron chi connectivity index (χ2n) is 3.91. The number of nitrogens with zero attached hydrogens (tertiary/aromatic N) is 5. The fraction of sp³-hybridized carbons (Fsp3) is 0.